The Balaban J connectivity index is 1.62. The molecule has 0 spiro atoms. The van der Waals surface area contributed by atoms with E-state index >= 15 is 0 Å². The van der Waals surface area contributed by atoms with Crippen LogP contribution < -0.4 is 19.7 Å². The van der Waals surface area contributed by atoms with E-state index in [1.54, 1.807) is 18.2 Å². The molecule has 0 bridgehead atoms. The third kappa shape index (κ3) is 4.95. The van der Waals surface area contributed by atoms with Crippen LogP contribution in [0.15, 0.2) is 30.5 Å². The van der Waals surface area contributed by atoms with E-state index in [1.807, 2.05) is 0 Å². The molecule has 0 unspecified atom stereocenters. The number of benzene rings is 1. The molecule has 30 heavy (non-hydrogen) atoms. The van der Waals surface area contributed by atoms with Crippen molar-refractivity contribution in [1.29, 1.82) is 0 Å². The second-order valence-electron chi connectivity index (χ2n) is 6.60. The molecule has 1 N–H and O–H groups in total. The van der Waals surface area contributed by atoms with Crippen LogP contribution in [0.2, 0.25) is 0 Å². The molecule has 1 aliphatic heterocycles. The number of rotatable bonds is 8. The van der Waals surface area contributed by atoms with E-state index in [-0.39, 0.29) is 30.3 Å². The molecule has 0 aliphatic carbocycles. The van der Waals surface area contributed by atoms with Crippen molar-refractivity contribution in [1.82, 2.24) is 10.3 Å². The molecule has 0 atom stereocenters. The summed E-state index contributed by atoms with van der Waals surface area (Å²) in [5.41, 5.74) is 0.783. The Labute approximate surface area is 173 Å². The second-order valence-corrected chi connectivity index (χ2v) is 6.60. The van der Waals surface area contributed by atoms with E-state index in [4.69, 9.17) is 14.2 Å². The lowest BCUT2D eigenvalue weighted by Crippen LogP contribution is -2.36. The fourth-order valence-corrected chi connectivity index (χ4v) is 3.19. The summed E-state index contributed by atoms with van der Waals surface area (Å²) in [5, 5.41) is 14.1. The van der Waals surface area contributed by atoms with Gasteiger partial charge in [0.1, 0.15) is 5.82 Å². The summed E-state index contributed by atoms with van der Waals surface area (Å²) >= 11 is 0. The number of carbonyl (C=O) groups excluding carboxylic acids is 1. The predicted octanol–water partition coefficient (Wildman–Crippen LogP) is 1.82. The predicted molar refractivity (Wildman–Crippen MR) is 110 cm³/mol. The molecule has 10 heteroatoms. The van der Waals surface area contributed by atoms with Crippen molar-refractivity contribution < 1.29 is 23.9 Å². The maximum atomic E-state index is 12.4. The molecule has 2 heterocycles. The normalized spacial score (nSPS) is 13.6. The van der Waals surface area contributed by atoms with Crippen molar-refractivity contribution >= 4 is 17.4 Å². The minimum atomic E-state index is -0.479. The van der Waals surface area contributed by atoms with Crippen molar-refractivity contribution in [3.8, 4) is 11.5 Å². The maximum absolute atomic E-state index is 12.4. The molecule has 1 aromatic carbocycles. The smallest absolute Gasteiger partial charge is 0.276 e. The third-order valence-corrected chi connectivity index (χ3v) is 4.81. The number of nitro groups is 1. The van der Waals surface area contributed by atoms with E-state index < -0.39 is 4.92 Å². The van der Waals surface area contributed by atoms with Gasteiger partial charge in [-0.05, 0) is 24.6 Å². The number of carbonyl (C=O) groups is 1. The maximum Gasteiger partial charge on any atom is 0.276 e. The molecule has 160 valence electrons. The highest BCUT2D eigenvalue weighted by atomic mass is 16.6. The second kappa shape index (κ2) is 9.88. The van der Waals surface area contributed by atoms with Gasteiger partial charge < -0.3 is 24.4 Å². The average Bonchev–Trinajstić information content (AvgIpc) is 2.79. The molecule has 0 saturated carbocycles. The number of hydrogen-bond acceptors (Lipinski definition) is 8. The summed E-state index contributed by atoms with van der Waals surface area (Å²) in [7, 11) is 2.88. The van der Waals surface area contributed by atoms with Gasteiger partial charge in [-0.15, -0.1) is 0 Å². The Morgan fingerprint density at radius 3 is 2.53 bits per heavy atom. The standard InChI is InChI=1S/C20H24N4O6/c1-28-17-11-14(16(24(26)27)12-18(17)29-2)5-6-21-20(25)15-3-4-19(22-13-15)23-7-9-30-10-8-23/h3-4,11-13H,5-10H2,1-2H3,(H,21,25). The van der Waals surface area contributed by atoms with Crippen LogP contribution in [0.4, 0.5) is 11.5 Å². The van der Waals surface area contributed by atoms with Crippen molar-refractivity contribution in [2.24, 2.45) is 0 Å². The molecular weight excluding hydrogens is 392 g/mol. The monoisotopic (exact) mass is 416 g/mol. The third-order valence-electron chi connectivity index (χ3n) is 4.81. The van der Waals surface area contributed by atoms with Gasteiger partial charge in [-0.3, -0.25) is 14.9 Å². The molecular formula is C20H24N4O6. The van der Waals surface area contributed by atoms with E-state index in [0.29, 0.717) is 30.1 Å². The van der Waals surface area contributed by atoms with Crippen LogP contribution in [0.3, 0.4) is 0 Å². The molecule has 0 radical (unpaired) electrons. The molecule has 1 aliphatic rings. The largest absolute Gasteiger partial charge is 0.493 e. The first-order chi connectivity index (χ1) is 14.5. The first kappa shape index (κ1) is 21.3. The molecule has 1 saturated heterocycles. The Hall–Kier alpha value is -3.40. The summed E-state index contributed by atoms with van der Waals surface area (Å²) < 4.78 is 15.7. The number of nitrogens with zero attached hydrogens (tertiary/aromatic N) is 3. The number of nitro benzene ring substituents is 1. The van der Waals surface area contributed by atoms with E-state index in [2.05, 4.69) is 15.2 Å². The highest BCUT2D eigenvalue weighted by Crippen LogP contribution is 2.34. The summed E-state index contributed by atoms with van der Waals surface area (Å²) in [5.74, 6) is 1.19. The highest BCUT2D eigenvalue weighted by molar-refractivity contribution is 5.94. The van der Waals surface area contributed by atoms with Gasteiger partial charge in [0.25, 0.3) is 11.6 Å². The fourth-order valence-electron chi connectivity index (χ4n) is 3.19. The highest BCUT2D eigenvalue weighted by Gasteiger charge is 2.19. The fraction of sp³-hybridized carbons (Fsp3) is 0.400. The van der Waals surface area contributed by atoms with Gasteiger partial charge >= 0.3 is 0 Å². The van der Waals surface area contributed by atoms with Crippen LogP contribution in [-0.4, -0.2) is 62.9 Å². The summed E-state index contributed by atoms with van der Waals surface area (Å²) in [6.07, 6.45) is 1.79. The van der Waals surface area contributed by atoms with Gasteiger partial charge in [0, 0.05) is 31.4 Å². The van der Waals surface area contributed by atoms with Crippen LogP contribution in [-0.2, 0) is 11.2 Å². The van der Waals surface area contributed by atoms with Gasteiger partial charge in [-0.25, -0.2) is 4.98 Å². The Kier molecular flexibility index (Phi) is 7.02. The number of ether oxygens (including phenoxy) is 3. The first-order valence-corrected chi connectivity index (χ1v) is 9.49. The van der Waals surface area contributed by atoms with Crippen LogP contribution in [0, 0.1) is 10.1 Å². The molecule has 3 rings (SSSR count). The SMILES string of the molecule is COc1cc(CCNC(=O)c2ccc(N3CCOCC3)nc2)c([N+](=O)[O-])cc1OC. The molecule has 10 nitrogen and oxygen atoms in total. The van der Waals surface area contributed by atoms with Gasteiger partial charge in [0.15, 0.2) is 11.5 Å². The molecule has 2 aromatic rings. The molecule has 1 fully saturated rings. The van der Waals surface area contributed by atoms with E-state index in [0.717, 1.165) is 18.9 Å². The Morgan fingerprint density at radius 1 is 1.23 bits per heavy atom. The van der Waals surface area contributed by atoms with Crippen LogP contribution >= 0.6 is 0 Å². The van der Waals surface area contributed by atoms with Crippen molar-refractivity contribution in [2.45, 2.75) is 6.42 Å². The van der Waals surface area contributed by atoms with Crippen molar-refractivity contribution in [2.75, 3.05) is 52.0 Å². The van der Waals surface area contributed by atoms with Gasteiger partial charge in [-0.2, -0.15) is 0 Å². The minimum Gasteiger partial charge on any atom is -0.493 e. The Bertz CT molecular complexity index is 897. The minimum absolute atomic E-state index is 0.0848. The zero-order valence-electron chi connectivity index (χ0n) is 16.9. The quantitative estimate of drug-likeness (QED) is 0.512. The first-order valence-electron chi connectivity index (χ1n) is 9.49. The summed E-state index contributed by atoms with van der Waals surface area (Å²) in [6.45, 7) is 3.07. The van der Waals surface area contributed by atoms with Crippen LogP contribution in [0.25, 0.3) is 0 Å². The van der Waals surface area contributed by atoms with Gasteiger partial charge in [0.2, 0.25) is 0 Å². The van der Waals surface area contributed by atoms with Crippen LogP contribution in [0.1, 0.15) is 15.9 Å². The molecule has 1 aromatic heterocycles. The van der Waals surface area contributed by atoms with Crippen molar-refractivity contribution in [3.63, 3.8) is 0 Å². The zero-order valence-corrected chi connectivity index (χ0v) is 16.9. The number of morpholine rings is 1. The van der Waals surface area contributed by atoms with Crippen LogP contribution in [0.5, 0.6) is 11.5 Å². The Morgan fingerprint density at radius 2 is 1.93 bits per heavy atom. The number of amides is 1. The number of hydrogen-bond donors (Lipinski definition) is 1. The summed E-state index contributed by atoms with van der Waals surface area (Å²) in [6, 6.07) is 6.40. The number of methoxy groups -OCH3 is 2. The number of aromatic nitrogens is 1. The lowest BCUT2D eigenvalue weighted by atomic mass is 10.1. The van der Waals surface area contributed by atoms with E-state index in [9.17, 15) is 14.9 Å². The van der Waals surface area contributed by atoms with Crippen molar-refractivity contribution in [3.05, 3.63) is 51.7 Å². The number of pyridine rings is 1. The topological polar surface area (TPSA) is 116 Å². The lowest BCUT2D eigenvalue weighted by molar-refractivity contribution is -0.385. The number of anilines is 1. The summed E-state index contributed by atoms with van der Waals surface area (Å²) in [4.78, 5) is 29.8. The van der Waals surface area contributed by atoms with Gasteiger partial charge in [-0.1, -0.05) is 0 Å². The lowest BCUT2D eigenvalue weighted by Gasteiger charge is -2.27. The zero-order chi connectivity index (χ0) is 21.5. The van der Waals surface area contributed by atoms with Gasteiger partial charge in [0.05, 0.1) is 44.0 Å². The van der Waals surface area contributed by atoms with E-state index in [1.165, 1.54) is 26.5 Å². The average molecular weight is 416 g/mol. The number of nitrogens with one attached hydrogen (secondary N) is 1. The molecule has 1 amide bonds.